The number of rotatable bonds is 8. The number of amides is 1. The molecule has 0 atom stereocenters. The molecule has 1 aromatic carbocycles. The SMILES string of the molecule is CCCn1ccnc1SCC(=O)NCc1ccc(OC)cc1. The van der Waals surface area contributed by atoms with Crippen LogP contribution in [0.15, 0.2) is 41.8 Å². The molecule has 0 saturated carbocycles. The lowest BCUT2D eigenvalue weighted by atomic mass is 10.2. The number of aryl methyl sites for hydroxylation is 1. The Morgan fingerprint density at radius 2 is 2.14 bits per heavy atom. The van der Waals surface area contributed by atoms with E-state index in [1.165, 1.54) is 11.8 Å². The summed E-state index contributed by atoms with van der Waals surface area (Å²) >= 11 is 1.46. The Morgan fingerprint density at radius 1 is 1.36 bits per heavy atom. The molecule has 118 valence electrons. The van der Waals surface area contributed by atoms with Gasteiger partial charge < -0.3 is 14.6 Å². The van der Waals surface area contributed by atoms with Crippen LogP contribution in [0.1, 0.15) is 18.9 Å². The molecule has 0 radical (unpaired) electrons. The Bertz CT molecular complexity index is 596. The molecule has 0 aliphatic carbocycles. The van der Waals surface area contributed by atoms with Gasteiger partial charge in [-0.25, -0.2) is 4.98 Å². The first-order valence-corrected chi connectivity index (χ1v) is 8.25. The summed E-state index contributed by atoms with van der Waals surface area (Å²) in [6, 6.07) is 7.66. The Morgan fingerprint density at radius 3 is 2.82 bits per heavy atom. The molecule has 1 heterocycles. The molecule has 0 fully saturated rings. The zero-order valence-electron chi connectivity index (χ0n) is 12.9. The lowest BCUT2D eigenvalue weighted by Crippen LogP contribution is -2.24. The van der Waals surface area contributed by atoms with Gasteiger partial charge >= 0.3 is 0 Å². The van der Waals surface area contributed by atoms with E-state index in [0.29, 0.717) is 12.3 Å². The summed E-state index contributed by atoms with van der Waals surface area (Å²) in [5.41, 5.74) is 1.05. The molecule has 0 aliphatic rings. The summed E-state index contributed by atoms with van der Waals surface area (Å²) in [6.45, 7) is 3.57. The Balaban J connectivity index is 1.76. The van der Waals surface area contributed by atoms with E-state index in [9.17, 15) is 4.79 Å². The second kappa shape index (κ2) is 8.48. The molecule has 6 heteroatoms. The standard InChI is InChI=1S/C16H21N3O2S/c1-3-9-19-10-8-17-16(19)22-12-15(20)18-11-13-4-6-14(21-2)7-5-13/h4-8,10H,3,9,11-12H2,1-2H3,(H,18,20). The minimum absolute atomic E-state index is 0.00636. The predicted molar refractivity (Wildman–Crippen MR) is 88.1 cm³/mol. The number of hydrogen-bond donors (Lipinski definition) is 1. The van der Waals surface area contributed by atoms with Crippen LogP contribution in [0, 0.1) is 0 Å². The maximum atomic E-state index is 11.9. The van der Waals surface area contributed by atoms with Crippen molar-refractivity contribution in [1.29, 1.82) is 0 Å². The average Bonchev–Trinajstić information content (AvgIpc) is 2.99. The summed E-state index contributed by atoms with van der Waals surface area (Å²) in [7, 11) is 1.64. The number of methoxy groups -OCH3 is 1. The average molecular weight is 319 g/mol. The maximum Gasteiger partial charge on any atom is 0.230 e. The minimum atomic E-state index is 0.00636. The number of carbonyl (C=O) groups is 1. The van der Waals surface area contributed by atoms with Gasteiger partial charge in [0.2, 0.25) is 5.91 Å². The van der Waals surface area contributed by atoms with Crippen molar-refractivity contribution in [3.05, 3.63) is 42.2 Å². The zero-order valence-corrected chi connectivity index (χ0v) is 13.7. The van der Waals surface area contributed by atoms with E-state index in [2.05, 4.69) is 21.8 Å². The number of ether oxygens (including phenoxy) is 1. The lowest BCUT2D eigenvalue weighted by Gasteiger charge is -2.07. The highest BCUT2D eigenvalue weighted by Crippen LogP contribution is 2.16. The maximum absolute atomic E-state index is 11.9. The summed E-state index contributed by atoms with van der Waals surface area (Å²) < 4.78 is 7.18. The van der Waals surface area contributed by atoms with E-state index in [1.54, 1.807) is 13.3 Å². The van der Waals surface area contributed by atoms with Crippen molar-refractivity contribution in [2.75, 3.05) is 12.9 Å². The molecular formula is C16H21N3O2S. The quantitative estimate of drug-likeness (QED) is 0.760. The molecule has 0 bridgehead atoms. The first-order chi connectivity index (χ1) is 10.7. The van der Waals surface area contributed by atoms with Gasteiger partial charge in [0.1, 0.15) is 5.75 Å². The Labute approximate surface area is 135 Å². The van der Waals surface area contributed by atoms with Crippen molar-refractivity contribution < 1.29 is 9.53 Å². The van der Waals surface area contributed by atoms with E-state index in [-0.39, 0.29) is 5.91 Å². The van der Waals surface area contributed by atoms with Gasteiger partial charge in [-0.1, -0.05) is 30.8 Å². The third-order valence-corrected chi connectivity index (χ3v) is 4.13. The van der Waals surface area contributed by atoms with Gasteiger partial charge in [0.15, 0.2) is 5.16 Å². The first kappa shape index (κ1) is 16.4. The molecule has 0 saturated heterocycles. The number of benzene rings is 1. The summed E-state index contributed by atoms with van der Waals surface area (Å²) in [5.74, 6) is 1.19. The van der Waals surface area contributed by atoms with E-state index in [1.807, 2.05) is 30.5 Å². The van der Waals surface area contributed by atoms with Gasteiger partial charge in [0.25, 0.3) is 0 Å². The first-order valence-electron chi connectivity index (χ1n) is 7.26. The molecule has 0 spiro atoms. The van der Waals surface area contributed by atoms with Crippen LogP contribution >= 0.6 is 11.8 Å². The van der Waals surface area contributed by atoms with Crippen molar-refractivity contribution in [3.8, 4) is 5.75 Å². The van der Waals surface area contributed by atoms with E-state index in [4.69, 9.17) is 4.74 Å². The van der Waals surface area contributed by atoms with Gasteiger partial charge in [0.05, 0.1) is 12.9 Å². The number of hydrogen-bond acceptors (Lipinski definition) is 4. The van der Waals surface area contributed by atoms with Crippen LogP contribution in [0.2, 0.25) is 0 Å². The van der Waals surface area contributed by atoms with E-state index < -0.39 is 0 Å². The van der Waals surface area contributed by atoms with Crippen LogP contribution < -0.4 is 10.1 Å². The monoisotopic (exact) mass is 319 g/mol. The molecule has 0 aliphatic heterocycles. The van der Waals surface area contributed by atoms with Gasteiger partial charge in [-0.15, -0.1) is 0 Å². The normalized spacial score (nSPS) is 10.5. The lowest BCUT2D eigenvalue weighted by molar-refractivity contribution is -0.118. The van der Waals surface area contributed by atoms with Crippen molar-refractivity contribution >= 4 is 17.7 Å². The van der Waals surface area contributed by atoms with Crippen molar-refractivity contribution in [3.63, 3.8) is 0 Å². The van der Waals surface area contributed by atoms with Crippen LogP contribution in [0.5, 0.6) is 5.75 Å². The number of nitrogens with one attached hydrogen (secondary N) is 1. The number of imidazole rings is 1. The molecule has 1 N–H and O–H groups in total. The molecular weight excluding hydrogens is 298 g/mol. The summed E-state index contributed by atoms with van der Waals surface area (Å²) in [5, 5.41) is 3.80. The van der Waals surface area contributed by atoms with Crippen LogP contribution in [0.3, 0.4) is 0 Å². The summed E-state index contributed by atoms with van der Waals surface area (Å²) in [6.07, 6.45) is 4.77. The van der Waals surface area contributed by atoms with Crippen molar-refractivity contribution in [2.24, 2.45) is 0 Å². The fourth-order valence-corrected chi connectivity index (χ4v) is 2.79. The molecule has 1 amide bonds. The topological polar surface area (TPSA) is 56.2 Å². The highest BCUT2D eigenvalue weighted by molar-refractivity contribution is 7.99. The summed E-state index contributed by atoms with van der Waals surface area (Å²) in [4.78, 5) is 16.2. The van der Waals surface area contributed by atoms with Crippen molar-refractivity contribution in [2.45, 2.75) is 31.6 Å². The molecule has 22 heavy (non-hydrogen) atoms. The molecule has 0 unspecified atom stereocenters. The number of nitrogens with zero attached hydrogens (tertiary/aromatic N) is 2. The van der Waals surface area contributed by atoms with Gasteiger partial charge in [-0.3, -0.25) is 4.79 Å². The largest absolute Gasteiger partial charge is 0.497 e. The Kier molecular flexibility index (Phi) is 6.33. The van der Waals surface area contributed by atoms with Crippen LogP contribution in [0.25, 0.3) is 0 Å². The molecule has 5 nitrogen and oxygen atoms in total. The number of carbonyl (C=O) groups excluding carboxylic acids is 1. The number of thioether (sulfide) groups is 1. The van der Waals surface area contributed by atoms with Gasteiger partial charge in [-0.2, -0.15) is 0 Å². The predicted octanol–water partition coefficient (Wildman–Crippen LogP) is 2.71. The van der Waals surface area contributed by atoms with Crippen LogP contribution in [-0.4, -0.2) is 28.3 Å². The fourth-order valence-electron chi connectivity index (χ4n) is 1.97. The third kappa shape index (κ3) is 4.80. The van der Waals surface area contributed by atoms with E-state index in [0.717, 1.165) is 29.4 Å². The molecule has 1 aromatic heterocycles. The highest BCUT2D eigenvalue weighted by Gasteiger charge is 2.07. The smallest absolute Gasteiger partial charge is 0.230 e. The molecule has 2 aromatic rings. The van der Waals surface area contributed by atoms with Crippen LogP contribution in [-0.2, 0) is 17.9 Å². The second-order valence-corrected chi connectivity index (χ2v) is 5.76. The minimum Gasteiger partial charge on any atom is -0.497 e. The third-order valence-electron chi connectivity index (χ3n) is 3.12. The number of aromatic nitrogens is 2. The Hall–Kier alpha value is -1.95. The zero-order chi connectivity index (χ0) is 15.8. The van der Waals surface area contributed by atoms with Gasteiger partial charge in [-0.05, 0) is 24.1 Å². The van der Waals surface area contributed by atoms with Crippen LogP contribution in [0.4, 0.5) is 0 Å². The van der Waals surface area contributed by atoms with E-state index >= 15 is 0 Å². The second-order valence-electron chi connectivity index (χ2n) is 4.82. The fraction of sp³-hybridized carbons (Fsp3) is 0.375. The van der Waals surface area contributed by atoms with Crippen molar-refractivity contribution in [1.82, 2.24) is 14.9 Å². The molecule has 2 rings (SSSR count). The highest BCUT2D eigenvalue weighted by atomic mass is 32.2. The van der Waals surface area contributed by atoms with Gasteiger partial charge in [0, 0.05) is 25.5 Å².